The van der Waals surface area contributed by atoms with Gasteiger partial charge < -0.3 is 10.4 Å². The van der Waals surface area contributed by atoms with Gasteiger partial charge in [-0.25, -0.2) is 4.79 Å². The van der Waals surface area contributed by atoms with Crippen LogP contribution in [0.4, 0.5) is 18.3 Å². The van der Waals surface area contributed by atoms with Crippen molar-refractivity contribution in [3.05, 3.63) is 40.4 Å². The first-order valence-corrected chi connectivity index (χ1v) is 6.15. The molecule has 0 spiro atoms. The molecule has 5 nitrogen and oxygen atoms in total. The number of rotatable bonds is 4. The summed E-state index contributed by atoms with van der Waals surface area (Å²) < 4.78 is 36.9. The van der Waals surface area contributed by atoms with Gasteiger partial charge in [-0.05, 0) is 17.7 Å². The molecule has 0 saturated heterocycles. The molecule has 0 aliphatic heterocycles. The van der Waals surface area contributed by atoms with Gasteiger partial charge in [0, 0.05) is 6.54 Å². The van der Waals surface area contributed by atoms with E-state index >= 15 is 0 Å². The van der Waals surface area contributed by atoms with Crippen LogP contribution in [-0.2, 0) is 12.7 Å². The zero-order chi connectivity index (χ0) is 14.8. The summed E-state index contributed by atoms with van der Waals surface area (Å²) in [5.74, 6) is -1.04. The second-order valence-electron chi connectivity index (χ2n) is 3.77. The fraction of sp³-hybridized carbons (Fsp3) is 0.182. The molecule has 0 bridgehead atoms. The lowest BCUT2D eigenvalue weighted by atomic mass is 10.1. The van der Waals surface area contributed by atoms with Crippen LogP contribution >= 0.6 is 11.3 Å². The van der Waals surface area contributed by atoms with Gasteiger partial charge in [0.15, 0.2) is 0 Å². The topological polar surface area (TPSA) is 75.1 Å². The average Bonchev–Trinajstić information content (AvgIpc) is 2.85. The third-order valence-electron chi connectivity index (χ3n) is 2.31. The zero-order valence-corrected chi connectivity index (χ0v) is 10.6. The maximum Gasteiger partial charge on any atom is 0.445 e. The number of nitrogens with zero attached hydrogens (tertiary/aromatic N) is 2. The highest BCUT2D eigenvalue weighted by atomic mass is 32.1. The van der Waals surface area contributed by atoms with Crippen molar-refractivity contribution in [2.45, 2.75) is 12.7 Å². The standard InChI is InChI=1S/C11H8F3N3O2S/c12-11(13,14)9-16-17-10(20-9)15-5-6-1-3-7(4-2-6)8(18)19/h1-4H,5H2,(H,15,17)(H,18,19). The third kappa shape index (κ3) is 3.44. The Hall–Kier alpha value is -2.16. The van der Waals surface area contributed by atoms with Gasteiger partial charge in [-0.1, -0.05) is 23.5 Å². The summed E-state index contributed by atoms with van der Waals surface area (Å²) in [5.41, 5.74) is 0.864. The summed E-state index contributed by atoms with van der Waals surface area (Å²) >= 11 is 0.415. The van der Waals surface area contributed by atoms with Crippen LogP contribution in [0.3, 0.4) is 0 Å². The fourth-order valence-electron chi connectivity index (χ4n) is 1.35. The number of halogens is 3. The van der Waals surface area contributed by atoms with E-state index in [1.165, 1.54) is 12.1 Å². The van der Waals surface area contributed by atoms with E-state index in [9.17, 15) is 18.0 Å². The Morgan fingerprint density at radius 2 is 1.90 bits per heavy atom. The summed E-state index contributed by atoms with van der Waals surface area (Å²) in [5, 5.41) is 16.9. The van der Waals surface area contributed by atoms with Crippen LogP contribution in [0.1, 0.15) is 20.9 Å². The van der Waals surface area contributed by atoms with E-state index in [0.717, 1.165) is 5.56 Å². The quantitative estimate of drug-likeness (QED) is 0.908. The molecule has 0 aliphatic rings. The lowest BCUT2D eigenvalue weighted by molar-refractivity contribution is -0.138. The van der Waals surface area contributed by atoms with Crippen molar-refractivity contribution in [2.24, 2.45) is 0 Å². The van der Waals surface area contributed by atoms with Gasteiger partial charge in [0.05, 0.1) is 5.56 Å². The summed E-state index contributed by atoms with van der Waals surface area (Å²) in [6.45, 7) is 0.229. The Bertz CT molecular complexity index is 610. The van der Waals surface area contributed by atoms with Crippen molar-refractivity contribution in [1.29, 1.82) is 0 Å². The number of benzene rings is 1. The van der Waals surface area contributed by atoms with Crippen molar-refractivity contribution >= 4 is 22.4 Å². The van der Waals surface area contributed by atoms with Gasteiger partial charge >= 0.3 is 12.1 Å². The summed E-state index contributed by atoms with van der Waals surface area (Å²) in [7, 11) is 0. The number of aromatic nitrogens is 2. The van der Waals surface area contributed by atoms with Gasteiger partial charge in [-0.2, -0.15) is 13.2 Å². The van der Waals surface area contributed by atoms with Crippen molar-refractivity contribution in [2.75, 3.05) is 5.32 Å². The minimum atomic E-state index is -4.50. The Morgan fingerprint density at radius 1 is 1.25 bits per heavy atom. The molecule has 2 N–H and O–H groups in total. The number of nitrogens with one attached hydrogen (secondary N) is 1. The fourth-order valence-corrected chi connectivity index (χ4v) is 1.96. The van der Waals surface area contributed by atoms with Gasteiger partial charge in [0.2, 0.25) is 10.1 Å². The molecule has 9 heteroatoms. The third-order valence-corrected chi connectivity index (χ3v) is 3.24. The molecule has 0 aliphatic carbocycles. The van der Waals surface area contributed by atoms with Gasteiger partial charge in [-0.3, -0.25) is 0 Å². The predicted octanol–water partition coefficient (Wildman–Crippen LogP) is 2.87. The highest BCUT2D eigenvalue weighted by Gasteiger charge is 2.35. The Morgan fingerprint density at radius 3 is 2.40 bits per heavy atom. The van der Waals surface area contributed by atoms with Crippen LogP contribution in [-0.4, -0.2) is 21.3 Å². The first kappa shape index (κ1) is 14.3. The zero-order valence-electron chi connectivity index (χ0n) is 9.81. The van der Waals surface area contributed by atoms with Gasteiger partial charge in [-0.15, -0.1) is 10.2 Å². The number of alkyl halides is 3. The minimum absolute atomic E-state index is 0.0552. The summed E-state index contributed by atoms with van der Waals surface area (Å²) in [4.78, 5) is 10.6. The number of anilines is 1. The molecule has 0 amide bonds. The van der Waals surface area contributed by atoms with Crippen LogP contribution < -0.4 is 5.32 Å². The van der Waals surface area contributed by atoms with Crippen LogP contribution in [0.2, 0.25) is 0 Å². The molecule has 0 fully saturated rings. The van der Waals surface area contributed by atoms with Crippen LogP contribution in [0.5, 0.6) is 0 Å². The molecule has 0 saturated carbocycles. The van der Waals surface area contributed by atoms with E-state index in [1.807, 2.05) is 0 Å². The Labute approximate surface area is 115 Å². The van der Waals surface area contributed by atoms with E-state index in [-0.39, 0.29) is 17.2 Å². The maximum atomic E-state index is 12.3. The van der Waals surface area contributed by atoms with Crippen molar-refractivity contribution in [3.63, 3.8) is 0 Å². The van der Waals surface area contributed by atoms with Gasteiger partial charge in [0.25, 0.3) is 0 Å². The molecule has 0 unspecified atom stereocenters. The first-order valence-electron chi connectivity index (χ1n) is 5.33. The summed E-state index contributed by atoms with van der Waals surface area (Å²) in [6.07, 6.45) is -4.50. The van der Waals surface area contributed by atoms with Crippen LogP contribution in [0, 0.1) is 0 Å². The van der Waals surface area contributed by atoms with E-state index in [4.69, 9.17) is 5.11 Å². The lowest BCUT2D eigenvalue weighted by Crippen LogP contribution is -2.03. The van der Waals surface area contributed by atoms with Crippen LogP contribution in [0.15, 0.2) is 24.3 Å². The maximum absolute atomic E-state index is 12.3. The lowest BCUT2D eigenvalue weighted by Gasteiger charge is -2.03. The number of hydrogen-bond donors (Lipinski definition) is 2. The second kappa shape index (κ2) is 5.45. The van der Waals surface area contributed by atoms with Gasteiger partial charge in [0.1, 0.15) is 0 Å². The van der Waals surface area contributed by atoms with E-state index in [2.05, 4.69) is 15.5 Å². The second-order valence-corrected chi connectivity index (χ2v) is 4.74. The molecule has 0 atom stereocenters. The van der Waals surface area contributed by atoms with E-state index in [0.29, 0.717) is 11.3 Å². The SMILES string of the molecule is O=C(O)c1ccc(CNc2nnc(C(F)(F)F)s2)cc1. The molecule has 20 heavy (non-hydrogen) atoms. The van der Waals surface area contributed by atoms with E-state index < -0.39 is 17.2 Å². The number of aromatic carboxylic acids is 1. The minimum Gasteiger partial charge on any atom is -0.478 e. The molecule has 2 aromatic rings. The smallest absolute Gasteiger partial charge is 0.445 e. The molecule has 106 valence electrons. The largest absolute Gasteiger partial charge is 0.478 e. The first-order chi connectivity index (χ1) is 9.36. The molecule has 0 radical (unpaired) electrons. The molecular formula is C11H8F3N3O2S. The van der Waals surface area contributed by atoms with Crippen molar-refractivity contribution < 1.29 is 23.1 Å². The number of carboxylic acids is 1. The van der Waals surface area contributed by atoms with Crippen molar-refractivity contribution in [3.8, 4) is 0 Å². The number of carboxylic acid groups (broad SMARTS) is 1. The monoisotopic (exact) mass is 303 g/mol. The normalized spacial score (nSPS) is 11.3. The molecule has 2 rings (SSSR count). The number of carbonyl (C=O) groups is 1. The molecule has 1 aromatic heterocycles. The Balaban J connectivity index is 1.98. The Kier molecular flexibility index (Phi) is 3.89. The van der Waals surface area contributed by atoms with Crippen molar-refractivity contribution in [1.82, 2.24) is 10.2 Å². The number of hydrogen-bond acceptors (Lipinski definition) is 5. The predicted molar refractivity (Wildman–Crippen MR) is 65.6 cm³/mol. The molecule has 1 aromatic carbocycles. The van der Waals surface area contributed by atoms with Crippen LogP contribution in [0.25, 0.3) is 0 Å². The highest BCUT2D eigenvalue weighted by molar-refractivity contribution is 7.15. The molecular weight excluding hydrogens is 295 g/mol. The highest BCUT2D eigenvalue weighted by Crippen LogP contribution is 2.33. The summed E-state index contributed by atoms with van der Waals surface area (Å²) in [6, 6.07) is 5.98. The average molecular weight is 303 g/mol. The van der Waals surface area contributed by atoms with E-state index in [1.54, 1.807) is 12.1 Å². The molecule has 1 heterocycles.